The molecule has 1 aliphatic carbocycles. The lowest BCUT2D eigenvalue weighted by Gasteiger charge is -2.03. The van der Waals surface area contributed by atoms with Crippen molar-refractivity contribution in [1.29, 1.82) is 0 Å². The third-order valence-electron chi connectivity index (χ3n) is 2.82. The summed E-state index contributed by atoms with van der Waals surface area (Å²) in [5.41, 5.74) is 0.794. The molecule has 0 atom stereocenters. The Labute approximate surface area is 104 Å². The van der Waals surface area contributed by atoms with Crippen LogP contribution in [0.1, 0.15) is 19.3 Å². The summed E-state index contributed by atoms with van der Waals surface area (Å²) < 4.78 is 1.70. The van der Waals surface area contributed by atoms with Crippen LogP contribution in [0.15, 0.2) is 24.4 Å². The highest BCUT2D eigenvalue weighted by Gasteiger charge is 2.22. The maximum Gasteiger partial charge on any atom is 0.243 e. The number of carbonyl (C=O) groups excluding carboxylic acids is 1. The molecule has 2 heterocycles. The molecular weight excluding hydrogens is 230 g/mol. The Morgan fingerprint density at radius 2 is 2.33 bits per heavy atom. The van der Waals surface area contributed by atoms with Crippen molar-refractivity contribution in [3.8, 4) is 0 Å². The van der Waals surface area contributed by atoms with Crippen molar-refractivity contribution in [2.75, 3.05) is 11.9 Å². The number of pyridine rings is 1. The molecule has 0 saturated heterocycles. The summed E-state index contributed by atoms with van der Waals surface area (Å²) in [5, 5.41) is 10.2. The van der Waals surface area contributed by atoms with Crippen LogP contribution in [-0.4, -0.2) is 33.1 Å². The second kappa shape index (κ2) is 4.64. The number of amides is 1. The van der Waals surface area contributed by atoms with E-state index >= 15 is 0 Å². The van der Waals surface area contributed by atoms with Gasteiger partial charge in [-0.2, -0.15) is 4.98 Å². The van der Waals surface area contributed by atoms with Gasteiger partial charge in [0.05, 0.1) is 0 Å². The molecule has 0 unspecified atom stereocenters. The van der Waals surface area contributed by atoms with Gasteiger partial charge in [-0.3, -0.25) is 4.79 Å². The zero-order valence-corrected chi connectivity index (χ0v) is 9.97. The molecule has 0 aliphatic heterocycles. The molecule has 1 amide bonds. The maximum atomic E-state index is 11.5. The number of nitrogens with one attached hydrogen (secondary N) is 2. The van der Waals surface area contributed by atoms with E-state index in [0.29, 0.717) is 25.0 Å². The standard InChI is InChI=1S/C12H15N5O/c18-11(14-9-4-5-9)6-7-13-12-15-10-3-1-2-8-17(10)16-12/h1-3,8-9H,4-7H2,(H,13,16)(H,14,18). The number of rotatable bonds is 5. The smallest absolute Gasteiger partial charge is 0.243 e. The Morgan fingerprint density at radius 1 is 1.44 bits per heavy atom. The summed E-state index contributed by atoms with van der Waals surface area (Å²) in [4.78, 5) is 15.8. The number of carbonyl (C=O) groups is 1. The van der Waals surface area contributed by atoms with Crippen LogP contribution < -0.4 is 10.6 Å². The summed E-state index contributed by atoms with van der Waals surface area (Å²) in [6, 6.07) is 6.12. The fraction of sp³-hybridized carbons (Fsp3) is 0.417. The van der Waals surface area contributed by atoms with Crippen LogP contribution in [0.5, 0.6) is 0 Å². The first kappa shape index (κ1) is 11.0. The lowest BCUT2D eigenvalue weighted by atomic mass is 10.4. The van der Waals surface area contributed by atoms with E-state index in [9.17, 15) is 4.79 Å². The predicted molar refractivity (Wildman–Crippen MR) is 67.3 cm³/mol. The second-order valence-electron chi connectivity index (χ2n) is 4.46. The Bertz CT molecular complexity index is 527. The minimum Gasteiger partial charge on any atom is -0.353 e. The zero-order valence-electron chi connectivity index (χ0n) is 9.97. The van der Waals surface area contributed by atoms with Gasteiger partial charge in [0, 0.05) is 25.2 Å². The minimum atomic E-state index is 0.0914. The van der Waals surface area contributed by atoms with Gasteiger partial charge in [0.25, 0.3) is 0 Å². The van der Waals surface area contributed by atoms with Crippen LogP contribution >= 0.6 is 0 Å². The predicted octanol–water partition coefficient (Wildman–Crippen LogP) is 0.810. The molecule has 0 aromatic carbocycles. The van der Waals surface area contributed by atoms with Crippen molar-refractivity contribution in [2.24, 2.45) is 0 Å². The van der Waals surface area contributed by atoms with E-state index in [2.05, 4.69) is 20.7 Å². The third kappa shape index (κ3) is 2.58. The van der Waals surface area contributed by atoms with Crippen LogP contribution in [0.25, 0.3) is 5.65 Å². The number of hydrogen-bond acceptors (Lipinski definition) is 4. The minimum absolute atomic E-state index is 0.0914. The van der Waals surface area contributed by atoms with Crippen LogP contribution in [0.3, 0.4) is 0 Å². The molecule has 94 valence electrons. The molecule has 0 bridgehead atoms. The van der Waals surface area contributed by atoms with Crippen molar-refractivity contribution in [3.63, 3.8) is 0 Å². The molecule has 2 aromatic rings. The molecule has 2 N–H and O–H groups in total. The summed E-state index contributed by atoms with van der Waals surface area (Å²) in [6.07, 6.45) is 4.53. The number of aromatic nitrogens is 3. The molecule has 6 heteroatoms. The van der Waals surface area contributed by atoms with Gasteiger partial charge in [-0.25, -0.2) is 4.52 Å². The number of nitrogens with zero attached hydrogens (tertiary/aromatic N) is 3. The van der Waals surface area contributed by atoms with Gasteiger partial charge in [0.1, 0.15) is 0 Å². The molecule has 0 spiro atoms. The first-order chi connectivity index (χ1) is 8.81. The molecule has 18 heavy (non-hydrogen) atoms. The van der Waals surface area contributed by atoms with Gasteiger partial charge in [-0.15, -0.1) is 5.10 Å². The van der Waals surface area contributed by atoms with E-state index in [0.717, 1.165) is 18.5 Å². The van der Waals surface area contributed by atoms with E-state index in [1.807, 2.05) is 24.4 Å². The van der Waals surface area contributed by atoms with E-state index in [4.69, 9.17) is 0 Å². The molecule has 0 radical (unpaired) electrons. The fourth-order valence-electron chi connectivity index (χ4n) is 1.72. The largest absolute Gasteiger partial charge is 0.353 e. The molecule has 1 aliphatic rings. The van der Waals surface area contributed by atoms with Gasteiger partial charge in [-0.1, -0.05) is 6.07 Å². The van der Waals surface area contributed by atoms with Crippen molar-refractivity contribution < 1.29 is 4.79 Å². The van der Waals surface area contributed by atoms with Crippen LogP contribution in [-0.2, 0) is 4.79 Å². The Morgan fingerprint density at radius 3 is 3.11 bits per heavy atom. The number of hydrogen-bond donors (Lipinski definition) is 2. The summed E-state index contributed by atoms with van der Waals surface area (Å²) in [5.74, 6) is 0.647. The Balaban J connectivity index is 1.51. The highest BCUT2D eigenvalue weighted by Crippen LogP contribution is 2.18. The van der Waals surface area contributed by atoms with E-state index in [-0.39, 0.29) is 5.91 Å². The van der Waals surface area contributed by atoms with Gasteiger partial charge >= 0.3 is 0 Å². The molecule has 1 saturated carbocycles. The van der Waals surface area contributed by atoms with E-state index < -0.39 is 0 Å². The van der Waals surface area contributed by atoms with Gasteiger partial charge in [0.2, 0.25) is 11.9 Å². The van der Waals surface area contributed by atoms with E-state index in [1.165, 1.54) is 0 Å². The molecular formula is C12H15N5O. The SMILES string of the molecule is O=C(CCNc1nc2ccccn2n1)NC1CC1. The van der Waals surface area contributed by atoms with Crippen LogP contribution in [0.2, 0.25) is 0 Å². The average Bonchev–Trinajstić information content (AvgIpc) is 3.07. The first-order valence-electron chi connectivity index (χ1n) is 6.16. The summed E-state index contributed by atoms with van der Waals surface area (Å²) in [6.45, 7) is 0.551. The lowest BCUT2D eigenvalue weighted by molar-refractivity contribution is -0.120. The highest BCUT2D eigenvalue weighted by atomic mass is 16.1. The quantitative estimate of drug-likeness (QED) is 0.817. The number of anilines is 1. The molecule has 3 rings (SSSR count). The maximum absolute atomic E-state index is 11.5. The van der Waals surface area contributed by atoms with Gasteiger partial charge < -0.3 is 10.6 Å². The number of fused-ring (bicyclic) bond motifs is 1. The van der Waals surface area contributed by atoms with Crippen molar-refractivity contribution in [1.82, 2.24) is 19.9 Å². The van der Waals surface area contributed by atoms with Gasteiger partial charge in [-0.05, 0) is 25.0 Å². The lowest BCUT2D eigenvalue weighted by Crippen LogP contribution is -2.27. The normalized spacial score (nSPS) is 14.7. The Hall–Kier alpha value is -2.11. The topological polar surface area (TPSA) is 71.3 Å². The third-order valence-corrected chi connectivity index (χ3v) is 2.82. The van der Waals surface area contributed by atoms with Crippen molar-refractivity contribution in [2.45, 2.75) is 25.3 Å². The van der Waals surface area contributed by atoms with Crippen LogP contribution in [0, 0.1) is 0 Å². The van der Waals surface area contributed by atoms with Crippen molar-refractivity contribution in [3.05, 3.63) is 24.4 Å². The molecule has 6 nitrogen and oxygen atoms in total. The van der Waals surface area contributed by atoms with E-state index in [1.54, 1.807) is 4.52 Å². The second-order valence-corrected chi connectivity index (χ2v) is 4.46. The van der Waals surface area contributed by atoms with Crippen molar-refractivity contribution >= 4 is 17.5 Å². The highest BCUT2D eigenvalue weighted by molar-refractivity contribution is 5.77. The fourth-order valence-corrected chi connectivity index (χ4v) is 1.72. The molecule has 2 aromatic heterocycles. The summed E-state index contributed by atoms with van der Waals surface area (Å²) >= 11 is 0. The van der Waals surface area contributed by atoms with Gasteiger partial charge in [0.15, 0.2) is 5.65 Å². The van der Waals surface area contributed by atoms with Crippen LogP contribution in [0.4, 0.5) is 5.95 Å². The Kier molecular flexibility index (Phi) is 2.84. The average molecular weight is 245 g/mol. The first-order valence-corrected chi connectivity index (χ1v) is 6.16. The zero-order chi connectivity index (χ0) is 12.4. The molecule has 1 fully saturated rings. The summed E-state index contributed by atoms with van der Waals surface area (Å²) in [7, 11) is 0. The monoisotopic (exact) mass is 245 g/mol.